The van der Waals surface area contributed by atoms with E-state index in [1.807, 2.05) is 39.0 Å². The van der Waals surface area contributed by atoms with Crippen molar-refractivity contribution < 1.29 is 13.2 Å². The summed E-state index contributed by atoms with van der Waals surface area (Å²) in [6.45, 7) is 7.08. The van der Waals surface area contributed by atoms with Crippen LogP contribution in [-0.4, -0.2) is 59.7 Å². The number of nitrogens with zero attached hydrogens (tertiary/aromatic N) is 4. The molecule has 1 aromatic heterocycles. The van der Waals surface area contributed by atoms with Gasteiger partial charge in [-0.25, -0.2) is 18.4 Å². The van der Waals surface area contributed by atoms with Crippen LogP contribution in [0, 0.1) is 13.8 Å². The molecule has 7 nitrogen and oxygen atoms in total. The molecule has 0 N–H and O–H groups in total. The molecule has 0 radical (unpaired) electrons. The fourth-order valence-corrected chi connectivity index (χ4v) is 5.15. The SMILES string of the molecule is CCc1ccc(S(=O)(=O)N2CCN(C(=O)c3ccc4nc(C)c(C)nc4c3)CC2)cc1. The highest BCUT2D eigenvalue weighted by molar-refractivity contribution is 7.89. The third-order valence-corrected chi connectivity index (χ3v) is 7.73. The largest absolute Gasteiger partial charge is 0.336 e. The van der Waals surface area contributed by atoms with Gasteiger partial charge in [-0.3, -0.25) is 4.79 Å². The number of hydrogen-bond acceptors (Lipinski definition) is 5. The van der Waals surface area contributed by atoms with E-state index >= 15 is 0 Å². The number of rotatable bonds is 4. The minimum atomic E-state index is -3.56. The first-order valence-electron chi connectivity index (χ1n) is 10.4. The highest BCUT2D eigenvalue weighted by Gasteiger charge is 2.30. The van der Waals surface area contributed by atoms with Gasteiger partial charge in [0.05, 0.1) is 27.3 Å². The van der Waals surface area contributed by atoms with Crippen LogP contribution in [0.25, 0.3) is 11.0 Å². The molecule has 0 bridgehead atoms. The van der Waals surface area contributed by atoms with Gasteiger partial charge in [0, 0.05) is 31.7 Å². The summed E-state index contributed by atoms with van der Waals surface area (Å²) in [7, 11) is -3.56. The van der Waals surface area contributed by atoms with Crippen LogP contribution >= 0.6 is 0 Å². The van der Waals surface area contributed by atoms with Gasteiger partial charge < -0.3 is 4.90 Å². The molecule has 1 aliphatic heterocycles. The summed E-state index contributed by atoms with van der Waals surface area (Å²) in [5.74, 6) is -0.119. The molecule has 8 heteroatoms. The standard InChI is InChI=1S/C23H26N4O3S/c1-4-18-5-8-20(9-6-18)31(29,30)27-13-11-26(12-14-27)23(28)19-7-10-21-22(15-19)25-17(3)16(2)24-21/h5-10,15H,4,11-14H2,1-3H3. The van der Waals surface area contributed by atoms with Gasteiger partial charge >= 0.3 is 0 Å². The average molecular weight is 439 g/mol. The molecule has 31 heavy (non-hydrogen) atoms. The molecule has 1 saturated heterocycles. The Morgan fingerprint density at radius 2 is 1.52 bits per heavy atom. The van der Waals surface area contributed by atoms with Crippen LogP contribution in [0.15, 0.2) is 47.4 Å². The van der Waals surface area contributed by atoms with Gasteiger partial charge in [-0.05, 0) is 56.2 Å². The zero-order valence-electron chi connectivity index (χ0n) is 18.0. The molecule has 1 amide bonds. The molecule has 0 aliphatic carbocycles. The Labute approximate surface area is 182 Å². The van der Waals surface area contributed by atoms with Gasteiger partial charge in [-0.1, -0.05) is 19.1 Å². The van der Waals surface area contributed by atoms with Crippen molar-refractivity contribution in [2.24, 2.45) is 0 Å². The Kier molecular flexibility index (Phi) is 5.77. The summed E-state index contributed by atoms with van der Waals surface area (Å²) in [5.41, 5.74) is 4.78. The fourth-order valence-electron chi connectivity index (χ4n) is 3.72. The second-order valence-corrected chi connectivity index (χ2v) is 9.73. The first-order chi connectivity index (χ1) is 14.8. The number of carbonyl (C=O) groups is 1. The molecule has 3 aromatic rings. The Hall–Kier alpha value is -2.84. The Bertz CT molecular complexity index is 1230. The molecule has 1 fully saturated rings. The number of aromatic nitrogens is 2. The van der Waals surface area contributed by atoms with Crippen LogP contribution in [0.3, 0.4) is 0 Å². The molecule has 0 unspecified atom stereocenters. The summed E-state index contributed by atoms with van der Waals surface area (Å²) in [4.78, 5) is 24.0. The molecule has 1 aliphatic rings. The van der Waals surface area contributed by atoms with Gasteiger partial charge in [-0.2, -0.15) is 4.31 Å². The number of sulfonamides is 1. The third kappa shape index (κ3) is 4.18. The second kappa shape index (κ2) is 8.36. The normalized spacial score (nSPS) is 15.4. The Morgan fingerprint density at radius 3 is 2.13 bits per heavy atom. The van der Waals surface area contributed by atoms with E-state index in [0.717, 1.165) is 28.9 Å². The number of benzene rings is 2. The zero-order chi connectivity index (χ0) is 22.2. The highest BCUT2D eigenvalue weighted by atomic mass is 32.2. The van der Waals surface area contributed by atoms with E-state index in [1.54, 1.807) is 29.2 Å². The van der Waals surface area contributed by atoms with Crippen molar-refractivity contribution >= 4 is 27.0 Å². The van der Waals surface area contributed by atoms with E-state index in [1.165, 1.54) is 4.31 Å². The van der Waals surface area contributed by atoms with Gasteiger partial charge in [0.2, 0.25) is 10.0 Å². The van der Waals surface area contributed by atoms with Crippen molar-refractivity contribution in [3.05, 3.63) is 65.0 Å². The second-order valence-electron chi connectivity index (χ2n) is 7.79. The van der Waals surface area contributed by atoms with E-state index in [4.69, 9.17) is 0 Å². The molecule has 162 valence electrons. The minimum Gasteiger partial charge on any atom is -0.336 e. The van der Waals surface area contributed by atoms with Crippen molar-refractivity contribution in [1.82, 2.24) is 19.2 Å². The maximum Gasteiger partial charge on any atom is 0.254 e. The van der Waals surface area contributed by atoms with Crippen molar-refractivity contribution in [2.45, 2.75) is 32.1 Å². The smallest absolute Gasteiger partial charge is 0.254 e. The Morgan fingerprint density at radius 1 is 0.903 bits per heavy atom. The predicted octanol–water partition coefficient (Wildman–Crippen LogP) is 2.96. The minimum absolute atomic E-state index is 0.119. The summed E-state index contributed by atoms with van der Waals surface area (Å²) in [5, 5.41) is 0. The third-order valence-electron chi connectivity index (χ3n) is 5.82. The molecule has 4 rings (SSSR count). The van der Waals surface area contributed by atoms with Crippen LogP contribution in [-0.2, 0) is 16.4 Å². The lowest BCUT2D eigenvalue weighted by Crippen LogP contribution is -2.50. The number of fused-ring (bicyclic) bond motifs is 1. The monoisotopic (exact) mass is 438 g/mol. The summed E-state index contributed by atoms with van der Waals surface area (Å²) >= 11 is 0. The molecule has 2 aromatic carbocycles. The van der Waals surface area contributed by atoms with Crippen LogP contribution in [0.4, 0.5) is 0 Å². The number of carbonyl (C=O) groups excluding carboxylic acids is 1. The van der Waals surface area contributed by atoms with E-state index < -0.39 is 10.0 Å². The molecule has 2 heterocycles. The van der Waals surface area contributed by atoms with E-state index in [2.05, 4.69) is 9.97 Å². The van der Waals surface area contributed by atoms with E-state index in [-0.39, 0.29) is 19.0 Å². The van der Waals surface area contributed by atoms with Crippen LogP contribution in [0.1, 0.15) is 34.2 Å². The molecular formula is C23H26N4O3S. The van der Waals surface area contributed by atoms with Crippen LogP contribution in [0.2, 0.25) is 0 Å². The lowest BCUT2D eigenvalue weighted by molar-refractivity contribution is 0.0698. The summed E-state index contributed by atoms with van der Waals surface area (Å²) in [6.07, 6.45) is 0.862. The quantitative estimate of drug-likeness (QED) is 0.625. The van der Waals surface area contributed by atoms with Crippen molar-refractivity contribution in [3.63, 3.8) is 0 Å². The van der Waals surface area contributed by atoms with Gasteiger partial charge in [0.15, 0.2) is 0 Å². The summed E-state index contributed by atoms with van der Waals surface area (Å²) in [6, 6.07) is 12.3. The van der Waals surface area contributed by atoms with Crippen molar-refractivity contribution in [3.8, 4) is 0 Å². The number of amides is 1. The summed E-state index contributed by atoms with van der Waals surface area (Å²) < 4.78 is 27.3. The topological polar surface area (TPSA) is 83.5 Å². The van der Waals surface area contributed by atoms with Crippen LogP contribution < -0.4 is 0 Å². The maximum atomic E-state index is 13.0. The van der Waals surface area contributed by atoms with Crippen LogP contribution in [0.5, 0.6) is 0 Å². The van der Waals surface area contributed by atoms with Gasteiger partial charge in [-0.15, -0.1) is 0 Å². The van der Waals surface area contributed by atoms with Gasteiger partial charge in [0.1, 0.15) is 0 Å². The Balaban J connectivity index is 1.47. The lowest BCUT2D eigenvalue weighted by atomic mass is 10.1. The predicted molar refractivity (Wildman–Crippen MR) is 119 cm³/mol. The zero-order valence-corrected chi connectivity index (χ0v) is 18.8. The molecule has 0 spiro atoms. The number of aryl methyl sites for hydroxylation is 3. The lowest BCUT2D eigenvalue weighted by Gasteiger charge is -2.34. The molecule has 0 saturated carbocycles. The van der Waals surface area contributed by atoms with E-state index in [9.17, 15) is 13.2 Å². The first-order valence-corrected chi connectivity index (χ1v) is 11.9. The van der Waals surface area contributed by atoms with E-state index in [0.29, 0.717) is 29.1 Å². The first kappa shape index (κ1) is 21.4. The van der Waals surface area contributed by atoms with Crippen molar-refractivity contribution in [1.29, 1.82) is 0 Å². The van der Waals surface area contributed by atoms with Crippen molar-refractivity contribution in [2.75, 3.05) is 26.2 Å². The highest BCUT2D eigenvalue weighted by Crippen LogP contribution is 2.20. The molecule has 0 atom stereocenters. The average Bonchev–Trinajstić information content (AvgIpc) is 2.79. The van der Waals surface area contributed by atoms with Gasteiger partial charge in [0.25, 0.3) is 5.91 Å². The number of hydrogen-bond donors (Lipinski definition) is 0. The molecular weight excluding hydrogens is 412 g/mol. The maximum absolute atomic E-state index is 13.0. The number of piperazine rings is 1. The fraction of sp³-hybridized carbons (Fsp3) is 0.348.